The first-order chi connectivity index (χ1) is 7.77. The lowest BCUT2D eigenvalue weighted by molar-refractivity contribution is -0.256. The van der Waals surface area contributed by atoms with E-state index in [-0.39, 0.29) is 0 Å². The molecule has 6 nitrogen and oxygen atoms in total. The first kappa shape index (κ1) is 13.2. The Morgan fingerprint density at radius 1 is 1.44 bits per heavy atom. The first-order valence-corrected chi connectivity index (χ1v) is 5.83. The summed E-state index contributed by atoms with van der Waals surface area (Å²) in [5, 5.41) is 6.25. The van der Waals surface area contributed by atoms with Crippen LogP contribution in [0.4, 0.5) is 4.79 Å². The van der Waals surface area contributed by atoms with Crippen LogP contribution in [-0.2, 0) is 9.57 Å². The Kier molecular flexibility index (Phi) is 6.14. The summed E-state index contributed by atoms with van der Waals surface area (Å²) in [4.78, 5) is 16.6. The summed E-state index contributed by atoms with van der Waals surface area (Å²) in [6.45, 7) is 8.10. The second-order valence-electron chi connectivity index (χ2n) is 3.54. The van der Waals surface area contributed by atoms with Crippen LogP contribution >= 0.6 is 0 Å². The molecular formula is C10H21N3O3. The zero-order valence-corrected chi connectivity index (χ0v) is 10.1. The molecule has 0 radical (unpaired) electrons. The van der Waals surface area contributed by atoms with Crippen LogP contribution in [0.5, 0.6) is 0 Å². The van der Waals surface area contributed by atoms with E-state index in [9.17, 15) is 4.79 Å². The smallest absolute Gasteiger partial charge is 0.379 e. The number of rotatable bonds is 5. The van der Waals surface area contributed by atoms with Gasteiger partial charge in [0.05, 0.1) is 13.2 Å². The number of hydrazine groups is 1. The van der Waals surface area contributed by atoms with Crippen molar-refractivity contribution >= 4 is 6.09 Å². The van der Waals surface area contributed by atoms with E-state index in [4.69, 9.17) is 9.57 Å². The van der Waals surface area contributed by atoms with Crippen LogP contribution < -0.4 is 5.32 Å². The molecule has 0 aliphatic carbocycles. The predicted octanol–water partition coefficient (Wildman–Crippen LogP) is 0.607. The maximum atomic E-state index is 11.4. The number of nitrogens with zero attached hydrogens (tertiary/aromatic N) is 2. The van der Waals surface area contributed by atoms with Crippen LogP contribution in [0.25, 0.3) is 0 Å². The standard InChI is InChI=1S/C10H21N3O3/c1-3-5-11-10(14)16-13(4-2)12-6-8-15-9-7-12/h3-9H2,1-2H3,(H,11,14). The van der Waals surface area contributed by atoms with Crippen molar-refractivity contribution in [3.8, 4) is 0 Å². The third-order valence-electron chi connectivity index (χ3n) is 2.28. The van der Waals surface area contributed by atoms with E-state index in [1.165, 1.54) is 0 Å². The molecule has 6 heteroatoms. The Morgan fingerprint density at radius 2 is 2.12 bits per heavy atom. The van der Waals surface area contributed by atoms with Crippen LogP contribution in [0, 0.1) is 0 Å². The van der Waals surface area contributed by atoms with Crippen molar-refractivity contribution in [2.75, 3.05) is 39.4 Å². The van der Waals surface area contributed by atoms with E-state index in [1.807, 2.05) is 18.9 Å². The number of carbonyl (C=O) groups excluding carboxylic acids is 1. The lowest BCUT2D eigenvalue weighted by Crippen LogP contribution is -2.50. The topological polar surface area (TPSA) is 54.0 Å². The summed E-state index contributed by atoms with van der Waals surface area (Å²) in [6, 6.07) is 0. The molecule has 0 atom stereocenters. The van der Waals surface area contributed by atoms with Gasteiger partial charge < -0.3 is 14.9 Å². The first-order valence-electron chi connectivity index (χ1n) is 5.83. The van der Waals surface area contributed by atoms with Crippen LogP contribution in [0.3, 0.4) is 0 Å². The van der Waals surface area contributed by atoms with Crippen LogP contribution in [0.1, 0.15) is 20.3 Å². The molecule has 0 spiro atoms. The molecule has 0 saturated carbocycles. The summed E-state index contributed by atoms with van der Waals surface area (Å²) in [7, 11) is 0. The van der Waals surface area contributed by atoms with Gasteiger partial charge in [0.25, 0.3) is 0 Å². The van der Waals surface area contributed by atoms with E-state index in [2.05, 4.69) is 5.32 Å². The largest absolute Gasteiger partial charge is 0.427 e. The van der Waals surface area contributed by atoms with Crippen molar-refractivity contribution in [2.24, 2.45) is 0 Å². The molecular weight excluding hydrogens is 210 g/mol. The van der Waals surface area contributed by atoms with Crippen molar-refractivity contribution in [3.63, 3.8) is 0 Å². The van der Waals surface area contributed by atoms with Gasteiger partial charge in [-0.2, -0.15) is 0 Å². The second-order valence-corrected chi connectivity index (χ2v) is 3.54. The summed E-state index contributed by atoms with van der Waals surface area (Å²) < 4.78 is 5.24. The van der Waals surface area contributed by atoms with E-state index < -0.39 is 6.09 Å². The predicted molar refractivity (Wildman–Crippen MR) is 59.5 cm³/mol. The number of nitrogens with one attached hydrogen (secondary N) is 1. The molecule has 1 aliphatic rings. The van der Waals surface area contributed by atoms with Gasteiger partial charge >= 0.3 is 6.09 Å². The number of hydroxylamine groups is 1. The molecule has 0 aromatic rings. The highest BCUT2D eigenvalue weighted by atomic mass is 16.8. The molecule has 1 fully saturated rings. The number of carbonyl (C=O) groups is 1. The Labute approximate surface area is 96.4 Å². The summed E-state index contributed by atoms with van der Waals surface area (Å²) in [6.07, 6.45) is 0.508. The van der Waals surface area contributed by atoms with Crippen molar-refractivity contribution in [3.05, 3.63) is 0 Å². The SMILES string of the molecule is CCCNC(=O)ON(CC)N1CCOCC1. The fourth-order valence-corrected chi connectivity index (χ4v) is 1.45. The highest BCUT2D eigenvalue weighted by Crippen LogP contribution is 2.03. The van der Waals surface area contributed by atoms with Crippen LogP contribution in [0.15, 0.2) is 0 Å². The Morgan fingerprint density at radius 3 is 2.69 bits per heavy atom. The van der Waals surface area contributed by atoms with E-state index in [0.29, 0.717) is 26.3 Å². The van der Waals surface area contributed by atoms with Gasteiger partial charge in [-0.15, -0.1) is 0 Å². The molecule has 0 unspecified atom stereocenters. The Balaban J connectivity index is 2.32. The molecule has 94 valence electrons. The minimum atomic E-state index is -0.393. The van der Waals surface area contributed by atoms with Crippen LogP contribution in [0.2, 0.25) is 0 Å². The van der Waals surface area contributed by atoms with Crippen molar-refractivity contribution in [1.29, 1.82) is 0 Å². The van der Waals surface area contributed by atoms with Gasteiger partial charge in [0.2, 0.25) is 0 Å². The molecule has 1 rings (SSSR count). The summed E-state index contributed by atoms with van der Waals surface area (Å²) in [5.41, 5.74) is 0. The second kappa shape index (κ2) is 7.43. The molecule has 0 aromatic carbocycles. The fraction of sp³-hybridized carbons (Fsp3) is 0.900. The molecule has 16 heavy (non-hydrogen) atoms. The van der Waals surface area contributed by atoms with Gasteiger partial charge in [-0.1, -0.05) is 12.1 Å². The quantitative estimate of drug-likeness (QED) is 0.702. The molecule has 1 aliphatic heterocycles. The number of ether oxygens (including phenoxy) is 1. The molecule has 1 saturated heterocycles. The maximum Gasteiger partial charge on any atom is 0.427 e. The zero-order chi connectivity index (χ0) is 11.8. The molecule has 1 amide bonds. The third kappa shape index (κ3) is 4.34. The van der Waals surface area contributed by atoms with E-state index in [1.54, 1.807) is 5.17 Å². The monoisotopic (exact) mass is 231 g/mol. The van der Waals surface area contributed by atoms with Crippen molar-refractivity contribution in [2.45, 2.75) is 20.3 Å². The average molecular weight is 231 g/mol. The fourth-order valence-electron chi connectivity index (χ4n) is 1.45. The van der Waals surface area contributed by atoms with Gasteiger partial charge in [0.15, 0.2) is 0 Å². The Hall–Kier alpha value is -0.850. The highest BCUT2D eigenvalue weighted by molar-refractivity contribution is 5.66. The van der Waals surface area contributed by atoms with E-state index >= 15 is 0 Å². The molecule has 0 aromatic heterocycles. The van der Waals surface area contributed by atoms with Crippen molar-refractivity contribution < 1.29 is 14.4 Å². The average Bonchev–Trinajstić information content (AvgIpc) is 2.34. The van der Waals surface area contributed by atoms with Gasteiger partial charge in [-0.05, 0) is 13.3 Å². The van der Waals surface area contributed by atoms with E-state index in [0.717, 1.165) is 19.5 Å². The van der Waals surface area contributed by atoms with Gasteiger partial charge in [-0.25, -0.2) is 9.80 Å². The highest BCUT2D eigenvalue weighted by Gasteiger charge is 2.20. The van der Waals surface area contributed by atoms with Gasteiger partial charge in [0, 0.05) is 26.2 Å². The molecule has 1 N–H and O–H groups in total. The maximum absolute atomic E-state index is 11.4. The summed E-state index contributed by atoms with van der Waals surface area (Å²) in [5.74, 6) is 0. The summed E-state index contributed by atoms with van der Waals surface area (Å²) >= 11 is 0. The number of amides is 1. The zero-order valence-electron chi connectivity index (χ0n) is 10.1. The molecule has 1 heterocycles. The number of hydrogen-bond donors (Lipinski definition) is 1. The van der Waals surface area contributed by atoms with Gasteiger partial charge in [-0.3, -0.25) is 0 Å². The lowest BCUT2D eigenvalue weighted by atomic mass is 10.5. The Bertz CT molecular complexity index is 207. The van der Waals surface area contributed by atoms with Gasteiger partial charge in [0.1, 0.15) is 0 Å². The van der Waals surface area contributed by atoms with Crippen LogP contribution in [-0.4, -0.2) is 55.7 Å². The molecule has 0 bridgehead atoms. The van der Waals surface area contributed by atoms with Crippen molar-refractivity contribution in [1.82, 2.24) is 15.5 Å². The number of morpholine rings is 1. The number of hydrogen-bond acceptors (Lipinski definition) is 5. The minimum absolute atomic E-state index is 0.393. The minimum Gasteiger partial charge on any atom is -0.379 e. The lowest BCUT2D eigenvalue weighted by Gasteiger charge is -2.34. The normalized spacial score (nSPS) is 17.4. The third-order valence-corrected chi connectivity index (χ3v) is 2.28.